The second kappa shape index (κ2) is 9.52. The number of aromatic hydroxyl groups is 1. The van der Waals surface area contributed by atoms with Gasteiger partial charge in [0.1, 0.15) is 5.75 Å². The van der Waals surface area contributed by atoms with Crippen molar-refractivity contribution in [1.29, 1.82) is 0 Å². The predicted molar refractivity (Wildman–Crippen MR) is 118 cm³/mol. The maximum absolute atomic E-state index is 12.3. The van der Waals surface area contributed by atoms with Gasteiger partial charge in [-0.1, -0.05) is 54.6 Å². The van der Waals surface area contributed by atoms with Crippen LogP contribution in [0.3, 0.4) is 0 Å². The number of phenolic OH excluding ortho intramolecular Hbond substituents is 1. The summed E-state index contributed by atoms with van der Waals surface area (Å²) in [4.78, 5) is 24.4. The van der Waals surface area contributed by atoms with Gasteiger partial charge in [-0.3, -0.25) is 9.59 Å². The van der Waals surface area contributed by atoms with Crippen molar-refractivity contribution in [3.05, 3.63) is 95.1 Å². The molecule has 0 bridgehead atoms. The van der Waals surface area contributed by atoms with Gasteiger partial charge < -0.3 is 10.4 Å². The molecule has 152 valence electrons. The first-order chi connectivity index (χ1) is 14.4. The molecule has 0 heterocycles. The number of carbonyl (C=O) groups excluding carboxylic acids is 2. The molecule has 0 aliphatic rings. The molecule has 0 aliphatic heterocycles. The lowest BCUT2D eigenvalue weighted by Crippen LogP contribution is -2.19. The van der Waals surface area contributed by atoms with E-state index in [-0.39, 0.29) is 17.2 Å². The smallest absolute Gasteiger partial charge is 0.275 e. The van der Waals surface area contributed by atoms with Crippen molar-refractivity contribution < 1.29 is 14.7 Å². The summed E-state index contributed by atoms with van der Waals surface area (Å²) < 4.78 is 0. The lowest BCUT2D eigenvalue weighted by Gasteiger charge is -2.08. The molecule has 3 aromatic rings. The highest BCUT2D eigenvalue weighted by atomic mass is 16.3. The van der Waals surface area contributed by atoms with Gasteiger partial charge in [-0.05, 0) is 48.7 Å². The third-order valence-electron chi connectivity index (χ3n) is 4.60. The molecule has 0 saturated carbocycles. The maximum atomic E-state index is 12.3. The van der Waals surface area contributed by atoms with Crippen molar-refractivity contribution in [3.8, 4) is 5.75 Å². The topological polar surface area (TPSA) is 90.8 Å². The van der Waals surface area contributed by atoms with Gasteiger partial charge in [0.25, 0.3) is 5.91 Å². The van der Waals surface area contributed by atoms with E-state index in [0.717, 1.165) is 11.1 Å². The van der Waals surface area contributed by atoms with Crippen LogP contribution in [0.2, 0.25) is 0 Å². The summed E-state index contributed by atoms with van der Waals surface area (Å²) in [5.41, 5.74) is 6.27. The third kappa shape index (κ3) is 5.32. The molecule has 6 heteroatoms. The largest absolute Gasteiger partial charge is 0.507 e. The number of carbonyl (C=O) groups is 2. The minimum atomic E-state index is -0.486. The first-order valence-corrected chi connectivity index (χ1v) is 9.51. The average Bonchev–Trinajstić information content (AvgIpc) is 2.75. The molecule has 0 fully saturated rings. The van der Waals surface area contributed by atoms with Crippen molar-refractivity contribution in [2.24, 2.45) is 5.10 Å². The number of hydrazone groups is 1. The standard InChI is InChI=1S/C24H23N3O3/c1-16-7-6-10-21(23(16)29)24(30)27-26-17(2)19-11-13-20(14-12-19)25-22(28)15-18-8-4-3-5-9-18/h3-14,29H,15H2,1-2H3,(H,25,28)(H,27,30)/b26-17-. The SMILES string of the molecule is C/C(=N/NC(=O)c1cccc(C)c1O)c1ccc(NC(=O)Cc2ccccc2)cc1. The summed E-state index contributed by atoms with van der Waals surface area (Å²) >= 11 is 0. The number of aryl methyl sites for hydroxylation is 1. The Labute approximate surface area is 175 Å². The minimum absolute atomic E-state index is 0.0570. The van der Waals surface area contributed by atoms with E-state index in [1.165, 1.54) is 6.07 Å². The van der Waals surface area contributed by atoms with Crippen LogP contribution in [0.4, 0.5) is 5.69 Å². The fourth-order valence-corrected chi connectivity index (χ4v) is 2.88. The molecule has 3 N–H and O–H groups in total. The van der Waals surface area contributed by atoms with Crippen LogP contribution < -0.4 is 10.7 Å². The van der Waals surface area contributed by atoms with Crippen LogP contribution in [-0.2, 0) is 11.2 Å². The number of anilines is 1. The van der Waals surface area contributed by atoms with E-state index in [1.54, 1.807) is 38.1 Å². The van der Waals surface area contributed by atoms with Crippen LogP contribution in [0.5, 0.6) is 5.75 Å². The van der Waals surface area contributed by atoms with Crippen LogP contribution >= 0.6 is 0 Å². The Balaban J connectivity index is 1.60. The summed E-state index contributed by atoms with van der Waals surface area (Å²) in [7, 11) is 0. The van der Waals surface area contributed by atoms with Gasteiger partial charge in [0, 0.05) is 5.69 Å². The van der Waals surface area contributed by atoms with Gasteiger partial charge in [-0.15, -0.1) is 0 Å². The predicted octanol–water partition coefficient (Wildman–Crippen LogP) is 4.04. The number of benzene rings is 3. The Kier molecular flexibility index (Phi) is 6.60. The number of para-hydroxylation sites is 1. The highest BCUT2D eigenvalue weighted by Crippen LogP contribution is 2.21. The van der Waals surface area contributed by atoms with E-state index < -0.39 is 5.91 Å². The second-order valence-electron chi connectivity index (χ2n) is 6.90. The molecule has 0 aromatic heterocycles. The van der Waals surface area contributed by atoms with E-state index in [9.17, 15) is 14.7 Å². The highest BCUT2D eigenvalue weighted by Gasteiger charge is 2.12. The van der Waals surface area contributed by atoms with Crippen molar-refractivity contribution in [3.63, 3.8) is 0 Å². The fourth-order valence-electron chi connectivity index (χ4n) is 2.88. The van der Waals surface area contributed by atoms with Gasteiger partial charge in [-0.25, -0.2) is 5.43 Å². The number of hydrogen-bond acceptors (Lipinski definition) is 4. The zero-order valence-corrected chi connectivity index (χ0v) is 16.8. The van der Waals surface area contributed by atoms with Gasteiger partial charge in [-0.2, -0.15) is 5.10 Å². The highest BCUT2D eigenvalue weighted by molar-refractivity contribution is 6.02. The van der Waals surface area contributed by atoms with Gasteiger partial charge in [0.15, 0.2) is 0 Å². The average molecular weight is 401 g/mol. The van der Waals surface area contributed by atoms with Crippen molar-refractivity contribution >= 4 is 23.2 Å². The van der Waals surface area contributed by atoms with E-state index in [0.29, 0.717) is 23.4 Å². The second-order valence-corrected chi connectivity index (χ2v) is 6.90. The molecule has 0 radical (unpaired) electrons. The fraction of sp³-hybridized carbons (Fsp3) is 0.125. The molecule has 0 saturated heterocycles. The molecular weight excluding hydrogens is 378 g/mol. The molecule has 6 nitrogen and oxygen atoms in total. The first-order valence-electron chi connectivity index (χ1n) is 9.51. The Hall–Kier alpha value is -3.93. The number of nitrogens with zero attached hydrogens (tertiary/aromatic N) is 1. The number of nitrogens with one attached hydrogen (secondary N) is 2. The Bertz CT molecular complexity index is 1070. The Morgan fingerprint density at radius 3 is 2.33 bits per heavy atom. The third-order valence-corrected chi connectivity index (χ3v) is 4.60. The van der Waals surface area contributed by atoms with Crippen molar-refractivity contribution in [2.45, 2.75) is 20.3 Å². The van der Waals surface area contributed by atoms with Crippen LogP contribution in [0.15, 0.2) is 77.9 Å². The van der Waals surface area contributed by atoms with Gasteiger partial charge >= 0.3 is 0 Å². The Morgan fingerprint density at radius 1 is 0.933 bits per heavy atom. The summed E-state index contributed by atoms with van der Waals surface area (Å²) in [6.07, 6.45) is 0.306. The lowest BCUT2D eigenvalue weighted by atomic mass is 10.1. The number of phenols is 1. The van der Waals surface area contributed by atoms with Crippen molar-refractivity contribution in [1.82, 2.24) is 5.43 Å². The first kappa shape index (κ1) is 20.8. The summed E-state index contributed by atoms with van der Waals surface area (Å²) in [6, 6.07) is 21.7. The minimum Gasteiger partial charge on any atom is -0.507 e. The molecule has 0 spiro atoms. The quantitative estimate of drug-likeness (QED) is 0.430. The molecule has 0 aliphatic carbocycles. The number of rotatable bonds is 6. The molecule has 30 heavy (non-hydrogen) atoms. The van der Waals surface area contributed by atoms with E-state index in [1.807, 2.05) is 42.5 Å². The molecule has 3 rings (SSSR count). The van der Waals surface area contributed by atoms with Gasteiger partial charge in [0.2, 0.25) is 5.91 Å². The summed E-state index contributed by atoms with van der Waals surface area (Å²) in [5, 5.41) is 17.0. The van der Waals surface area contributed by atoms with Crippen LogP contribution in [0.25, 0.3) is 0 Å². The van der Waals surface area contributed by atoms with E-state index in [2.05, 4.69) is 15.8 Å². The molecular formula is C24H23N3O3. The lowest BCUT2D eigenvalue weighted by molar-refractivity contribution is -0.115. The van der Waals surface area contributed by atoms with E-state index in [4.69, 9.17) is 0 Å². The normalized spacial score (nSPS) is 11.1. The molecule has 0 atom stereocenters. The zero-order chi connectivity index (χ0) is 21.5. The van der Waals surface area contributed by atoms with Gasteiger partial charge in [0.05, 0.1) is 17.7 Å². The van der Waals surface area contributed by atoms with Crippen LogP contribution in [-0.4, -0.2) is 22.6 Å². The molecule has 0 unspecified atom stereocenters. The number of hydrogen-bond donors (Lipinski definition) is 3. The summed E-state index contributed by atoms with van der Waals surface area (Å²) in [5.74, 6) is -0.636. The number of amides is 2. The Morgan fingerprint density at radius 2 is 1.63 bits per heavy atom. The zero-order valence-electron chi connectivity index (χ0n) is 16.8. The van der Waals surface area contributed by atoms with Crippen LogP contribution in [0.1, 0.15) is 34.0 Å². The van der Waals surface area contributed by atoms with Crippen molar-refractivity contribution in [2.75, 3.05) is 5.32 Å². The molecule has 2 amide bonds. The van der Waals surface area contributed by atoms with Crippen LogP contribution in [0, 0.1) is 6.92 Å². The molecule has 3 aromatic carbocycles. The van der Waals surface area contributed by atoms with E-state index >= 15 is 0 Å². The summed E-state index contributed by atoms with van der Waals surface area (Å²) in [6.45, 7) is 3.49. The maximum Gasteiger partial charge on any atom is 0.275 e. The monoisotopic (exact) mass is 401 g/mol.